The molecule has 216 valence electrons. The summed E-state index contributed by atoms with van der Waals surface area (Å²) in [7, 11) is 4.70. The van der Waals surface area contributed by atoms with Gasteiger partial charge in [0, 0.05) is 43.8 Å². The van der Waals surface area contributed by atoms with Gasteiger partial charge in [-0.1, -0.05) is 20.8 Å². The molecule has 2 aromatic rings. The van der Waals surface area contributed by atoms with Crippen molar-refractivity contribution in [3.05, 3.63) is 52.1 Å². The normalized spacial score (nSPS) is 12.6. The number of ether oxygens (including phenoxy) is 3. The highest BCUT2D eigenvalue weighted by Crippen LogP contribution is 2.40. The van der Waals surface area contributed by atoms with Crippen LogP contribution in [0.25, 0.3) is 0 Å². The molecule has 0 radical (unpaired) electrons. The molecule has 0 fully saturated rings. The van der Waals surface area contributed by atoms with Crippen LogP contribution >= 0.6 is 0 Å². The molecular formula is C30H40N4O6. The molecule has 3 N–H and O–H groups in total. The number of carbonyl (C=O) groups excluding carboxylic acids is 3. The van der Waals surface area contributed by atoms with Crippen molar-refractivity contribution in [3.63, 3.8) is 0 Å². The fraction of sp³-hybridized carbons (Fsp3) is 0.467. The first-order chi connectivity index (χ1) is 18.9. The predicted molar refractivity (Wildman–Crippen MR) is 153 cm³/mol. The van der Waals surface area contributed by atoms with Gasteiger partial charge in [0.25, 0.3) is 5.91 Å². The van der Waals surface area contributed by atoms with Crippen molar-refractivity contribution >= 4 is 23.4 Å². The maximum Gasteiger partial charge on any atom is 0.254 e. The average molecular weight is 553 g/mol. The van der Waals surface area contributed by atoms with Gasteiger partial charge in [-0.05, 0) is 48.6 Å². The Morgan fingerprint density at radius 1 is 1.02 bits per heavy atom. The largest absolute Gasteiger partial charge is 0.493 e. The maximum absolute atomic E-state index is 13.6. The van der Waals surface area contributed by atoms with Crippen LogP contribution in [0.15, 0.2) is 24.3 Å². The Kier molecular flexibility index (Phi) is 9.78. The van der Waals surface area contributed by atoms with E-state index in [9.17, 15) is 14.4 Å². The molecule has 40 heavy (non-hydrogen) atoms. The predicted octanol–water partition coefficient (Wildman–Crippen LogP) is 3.68. The zero-order valence-electron chi connectivity index (χ0n) is 24.4. The summed E-state index contributed by atoms with van der Waals surface area (Å²) in [5.41, 5.74) is 2.68. The fourth-order valence-corrected chi connectivity index (χ4v) is 4.59. The van der Waals surface area contributed by atoms with E-state index in [1.165, 1.54) is 0 Å². The van der Waals surface area contributed by atoms with E-state index < -0.39 is 0 Å². The van der Waals surface area contributed by atoms with Gasteiger partial charge in [-0.3, -0.25) is 19.8 Å². The number of ketones is 1. The standard InChI is InChI=1S/C30H40N4O6/c1-8-39-24-14-19-16-34(28(31)20(19)15-21(24)29(37)33-6)17-23(35)18-12-22(30(2,3)4)27(38-7)25(13-18)40-11-9-10-26(36)32-5/h12-15,31H,8-11,16-17H2,1-7H3,(H,32,36)(H,33,37). The summed E-state index contributed by atoms with van der Waals surface area (Å²) in [5.74, 6) is 1.06. The summed E-state index contributed by atoms with van der Waals surface area (Å²) < 4.78 is 17.4. The van der Waals surface area contributed by atoms with Gasteiger partial charge in [-0.2, -0.15) is 0 Å². The minimum Gasteiger partial charge on any atom is -0.493 e. The van der Waals surface area contributed by atoms with Crippen LogP contribution in [-0.4, -0.2) is 69.3 Å². The molecule has 0 bridgehead atoms. The highest BCUT2D eigenvalue weighted by atomic mass is 16.5. The van der Waals surface area contributed by atoms with E-state index in [-0.39, 0.29) is 42.0 Å². The second-order valence-electron chi connectivity index (χ2n) is 10.6. The summed E-state index contributed by atoms with van der Waals surface area (Å²) in [6.07, 6.45) is 0.838. The molecule has 0 unspecified atom stereocenters. The summed E-state index contributed by atoms with van der Waals surface area (Å²) in [4.78, 5) is 39.3. The molecule has 1 aliphatic rings. The molecule has 1 aliphatic heterocycles. The highest BCUT2D eigenvalue weighted by Gasteiger charge is 2.30. The van der Waals surface area contributed by atoms with Gasteiger partial charge in [0.1, 0.15) is 11.6 Å². The van der Waals surface area contributed by atoms with E-state index >= 15 is 0 Å². The first-order valence-corrected chi connectivity index (χ1v) is 13.4. The number of hydrogen-bond donors (Lipinski definition) is 3. The fourth-order valence-electron chi connectivity index (χ4n) is 4.59. The van der Waals surface area contributed by atoms with E-state index in [4.69, 9.17) is 19.6 Å². The number of amidine groups is 1. The maximum atomic E-state index is 13.6. The Bertz CT molecular complexity index is 1300. The smallest absolute Gasteiger partial charge is 0.254 e. The summed E-state index contributed by atoms with van der Waals surface area (Å²) in [6.45, 7) is 8.93. The zero-order valence-corrected chi connectivity index (χ0v) is 24.4. The summed E-state index contributed by atoms with van der Waals surface area (Å²) in [5, 5.41) is 13.9. The number of Topliss-reactive ketones (excluding diaryl/α,β-unsaturated/α-hetero) is 1. The van der Waals surface area contributed by atoms with Crippen molar-refractivity contribution in [2.45, 2.75) is 52.5 Å². The van der Waals surface area contributed by atoms with Crippen molar-refractivity contribution in [1.29, 1.82) is 5.41 Å². The van der Waals surface area contributed by atoms with Crippen LogP contribution in [-0.2, 0) is 16.8 Å². The van der Waals surface area contributed by atoms with E-state index in [1.807, 2.05) is 33.8 Å². The van der Waals surface area contributed by atoms with E-state index in [0.717, 1.165) is 11.1 Å². The number of hydrogen-bond acceptors (Lipinski definition) is 7. The molecule has 0 saturated heterocycles. The van der Waals surface area contributed by atoms with Crippen LogP contribution in [0.4, 0.5) is 0 Å². The molecule has 2 aromatic carbocycles. The molecule has 1 heterocycles. The number of nitrogens with one attached hydrogen (secondary N) is 3. The lowest BCUT2D eigenvalue weighted by molar-refractivity contribution is -0.120. The summed E-state index contributed by atoms with van der Waals surface area (Å²) >= 11 is 0. The number of rotatable bonds is 12. The molecule has 0 aliphatic carbocycles. The highest BCUT2D eigenvalue weighted by molar-refractivity contribution is 6.07. The zero-order chi connectivity index (χ0) is 29.6. The molecule has 3 rings (SSSR count). The molecular weight excluding hydrogens is 512 g/mol. The van der Waals surface area contributed by atoms with E-state index in [1.54, 1.807) is 44.3 Å². The van der Waals surface area contributed by atoms with Gasteiger partial charge < -0.3 is 29.7 Å². The molecule has 0 aromatic heterocycles. The van der Waals surface area contributed by atoms with Crippen molar-refractivity contribution in [2.75, 3.05) is 41.0 Å². The minimum absolute atomic E-state index is 0.0290. The van der Waals surface area contributed by atoms with Gasteiger partial charge >= 0.3 is 0 Å². The number of benzene rings is 2. The van der Waals surface area contributed by atoms with E-state index in [2.05, 4.69) is 10.6 Å². The third-order valence-electron chi connectivity index (χ3n) is 6.72. The van der Waals surface area contributed by atoms with Gasteiger partial charge in [0.05, 0.1) is 32.4 Å². The van der Waals surface area contributed by atoms with E-state index in [0.29, 0.717) is 59.9 Å². The van der Waals surface area contributed by atoms with Gasteiger partial charge in [0.15, 0.2) is 17.3 Å². The van der Waals surface area contributed by atoms with Gasteiger partial charge in [0.2, 0.25) is 5.91 Å². The van der Waals surface area contributed by atoms with Gasteiger partial charge in [-0.25, -0.2) is 0 Å². The Morgan fingerprint density at radius 2 is 1.75 bits per heavy atom. The molecule has 10 nitrogen and oxygen atoms in total. The molecule has 10 heteroatoms. The van der Waals surface area contributed by atoms with Crippen LogP contribution < -0.4 is 24.8 Å². The Labute approximate surface area is 235 Å². The second kappa shape index (κ2) is 12.8. The van der Waals surface area contributed by atoms with Crippen LogP contribution in [0.2, 0.25) is 0 Å². The monoisotopic (exact) mass is 552 g/mol. The van der Waals surface area contributed by atoms with Crippen LogP contribution in [0.5, 0.6) is 17.2 Å². The first kappa shape index (κ1) is 30.5. The van der Waals surface area contributed by atoms with Gasteiger partial charge in [-0.15, -0.1) is 0 Å². The molecule has 0 saturated carbocycles. The SMILES string of the molecule is CCOc1cc2c(cc1C(=O)NC)C(=N)N(CC(=O)c1cc(OCCCC(=O)NC)c(OC)c(C(C)(C)C)c1)C2. The van der Waals surface area contributed by atoms with Crippen LogP contribution in [0.3, 0.4) is 0 Å². The van der Waals surface area contributed by atoms with Crippen molar-refractivity contribution in [1.82, 2.24) is 15.5 Å². The third kappa shape index (κ3) is 6.73. The third-order valence-corrected chi connectivity index (χ3v) is 6.72. The Balaban J connectivity index is 1.88. The molecule has 2 amide bonds. The number of amides is 2. The first-order valence-electron chi connectivity index (χ1n) is 13.4. The topological polar surface area (TPSA) is 130 Å². The Hall–Kier alpha value is -4.08. The lowest BCUT2D eigenvalue weighted by Crippen LogP contribution is -2.30. The lowest BCUT2D eigenvalue weighted by Gasteiger charge is -2.25. The minimum atomic E-state index is -0.343. The number of methoxy groups -OCH3 is 1. The molecule has 0 spiro atoms. The lowest BCUT2D eigenvalue weighted by atomic mass is 9.84. The van der Waals surface area contributed by atoms with Crippen LogP contribution in [0.1, 0.15) is 77.9 Å². The number of nitrogens with zero attached hydrogens (tertiary/aromatic N) is 1. The number of fused-ring (bicyclic) bond motifs is 1. The average Bonchev–Trinajstić information content (AvgIpc) is 3.22. The van der Waals surface area contributed by atoms with Crippen molar-refractivity contribution in [3.8, 4) is 17.2 Å². The second-order valence-corrected chi connectivity index (χ2v) is 10.6. The summed E-state index contributed by atoms with van der Waals surface area (Å²) in [6, 6.07) is 6.92. The van der Waals surface area contributed by atoms with Crippen LogP contribution in [0, 0.1) is 5.41 Å². The quantitative estimate of drug-likeness (QED) is 0.271. The molecule has 0 atom stereocenters. The van der Waals surface area contributed by atoms with Crippen molar-refractivity contribution < 1.29 is 28.6 Å². The number of carbonyl (C=O) groups is 3. The van der Waals surface area contributed by atoms with Crippen molar-refractivity contribution in [2.24, 2.45) is 0 Å². The Morgan fingerprint density at radius 3 is 2.35 bits per heavy atom.